The maximum Gasteiger partial charge on any atom is 1.00 e. The molecule has 6 nitrogen and oxygen atoms in total. The van der Waals surface area contributed by atoms with Crippen LogP contribution in [0.1, 0.15) is 0 Å². The Bertz CT molecular complexity index is 143. The van der Waals surface area contributed by atoms with Gasteiger partial charge >= 0.3 is 51.4 Å². The number of hydrogen-bond donors (Lipinski definition) is 5. The summed E-state index contributed by atoms with van der Waals surface area (Å²) in [6.07, 6.45) is -6.84. The Kier molecular flexibility index (Phi) is 10.7. The van der Waals surface area contributed by atoms with E-state index in [2.05, 4.69) is 0 Å². The van der Waals surface area contributed by atoms with E-state index in [4.69, 9.17) is 25.5 Å². The van der Waals surface area contributed by atoms with E-state index in [1.807, 2.05) is 0 Å². The van der Waals surface area contributed by atoms with E-state index < -0.39 is 31.0 Å². The van der Waals surface area contributed by atoms with Crippen LogP contribution in [0.4, 0.5) is 0 Å². The summed E-state index contributed by atoms with van der Waals surface area (Å²) in [7, 11) is 0. The fourth-order valence-corrected chi connectivity index (χ4v) is 0.618. The minimum absolute atomic E-state index is 0. The first-order valence-electron chi connectivity index (χ1n) is 3.33. The Labute approximate surface area is 118 Å². The van der Waals surface area contributed by atoms with Gasteiger partial charge in [-0.2, -0.15) is 0 Å². The van der Waals surface area contributed by atoms with Crippen LogP contribution in [0, 0.1) is 0 Å². The Morgan fingerprint density at radius 2 is 1.54 bits per heavy atom. The summed E-state index contributed by atoms with van der Waals surface area (Å²) < 4.78 is 0. The zero-order valence-corrected chi connectivity index (χ0v) is 10.4. The molecule has 0 spiro atoms. The van der Waals surface area contributed by atoms with Gasteiger partial charge in [-0.15, -0.1) is 0 Å². The second kappa shape index (κ2) is 8.42. The maximum atomic E-state index is 9.90. The zero-order valence-electron chi connectivity index (χ0n) is 7.24. The summed E-state index contributed by atoms with van der Waals surface area (Å²) in [5, 5.41) is 43.5. The standard InChI is InChI=1S/C6H12O6.K/c7-1-3(9)5(11)6(12)4(10)2-8;/h1,3-6,8-12H,2H2;/q;+1/t3-,4+,5+,6+;/m0./s1. The fourth-order valence-electron chi connectivity index (χ4n) is 0.618. The topological polar surface area (TPSA) is 118 Å². The van der Waals surface area contributed by atoms with Crippen LogP contribution in [0.3, 0.4) is 0 Å². The number of carbonyl (C=O) groups is 1. The molecule has 0 fully saturated rings. The molecule has 0 aliphatic rings. The van der Waals surface area contributed by atoms with Crippen molar-refractivity contribution in [3.63, 3.8) is 0 Å². The van der Waals surface area contributed by atoms with Gasteiger partial charge in [-0.05, 0) is 0 Å². The van der Waals surface area contributed by atoms with Crippen molar-refractivity contribution in [1.82, 2.24) is 0 Å². The SMILES string of the molecule is O=C[C@H](O)[C@@H](O)[C@H](O)[C@H](O)CO.[K+]. The van der Waals surface area contributed by atoms with E-state index in [1.165, 1.54) is 0 Å². The molecule has 0 aromatic rings. The molecular formula is C6H12KO6+. The molecule has 0 saturated carbocycles. The van der Waals surface area contributed by atoms with Crippen LogP contribution in [-0.4, -0.2) is 62.8 Å². The summed E-state index contributed by atoms with van der Waals surface area (Å²) in [5.41, 5.74) is 0. The van der Waals surface area contributed by atoms with Gasteiger partial charge in [-0.3, -0.25) is 0 Å². The van der Waals surface area contributed by atoms with Gasteiger partial charge in [0.25, 0.3) is 0 Å². The number of aldehydes is 1. The van der Waals surface area contributed by atoms with Crippen LogP contribution >= 0.6 is 0 Å². The largest absolute Gasteiger partial charge is 1.00 e. The van der Waals surface area contributed by atoms with Crippen LogP contribution in [0.2, 0.25) is 0 Å². The number of hydrogen-bond acceptors (Lipinski definition) is 6. The summed E-state index contributed by atoms with van der Waals surface area (Å²) in [6.45, 7) is -0.760. The van der Waals surface area contributed by atoms with Crippen LogP contribution in [-0.2, 0) is 4.79 Å². The Morgan fingerprint density at radius 3 is 1.85 bits per heavy atom. The molecule has 0 aliphatic heterocycles. The van der Waals surface area contributed by atoms with Crippen molar-refractivity contribution < 1.29 is 81.7 Å². The van der Waals surface area contributed by atoms with Crippen molar-refractivity contribution in [2.24, 2.45) is 0 Å². The molecule has 0 unspecified atom stereocenters. The molecule has 5 N–H and O–H groups in total. The molecule has 0 aromatic heterocycles. The average molecular weight is 219 g/mol. The third-order valence-corrected chi connectivity index (χ3v) is 1.42. The molecular weight excluding hydrogens is 207 g/mol. The minimum atomic E-state index is -1.79. The van der Waals surface area contributed by atoms with Gasteiger partial charge in [0.2, 0.25) is 0 Å². The first-order chi connectivity index (χ1) is 5.54. The molecule has 0 amide bonds. The van der Waals surface area contributed by atoms with Crippen LogP contribution in [0.15, 0.2) is 0 Å². The number of rotatable bonds is 5. The maximum absolute atomic E-state index is 9.90. The zero-order chi connectivity index (χ0) is 9.72. The molecule has 0 bridgehead atoms. The number of carbonyl (C=O) groups excluding carboxylic acids is 1. The van der Waals surface area contributed by atoms with E-state index in [0.717, 1.165) is 0 Å². The predicted molar refractivity (Wildman–Crippen MR) is 37.2 cm³/mol. The van der Waals surface area contributed by atoms with Gasteiger partial charge in [0.1, 0.15) is 24.4 Å². The van der Waals surface area contributed by atoms with Gasteiger partial charge in [-0.1, -0.05) is 0 Å². The molecule has 7 heteroatoms. The molecule has 72 valence electrons. The van der Waals surface area contributed by atoms with E-state index in [1.54, 1.807) is 0 Å². The third kappa shape index (κ3) is 5.52. The Hall–Kier alpha value is 1.11. The third-order valence-electron chi connectivity index (χ3n) is 1.42. The summed E-state index contributed by atoms with van der Waals surface area (Å²) >= 11 is 0. The first-order valence-corrected chi connectivity index (χ1v) is 3.33. The molecule has 13 heavy (non-hydrogen) atoms. The van der Waals surface area contributed by atoms with Crippen LogP contribution < -0.4 is 51.4 Å². The molecule has 0 heterocycles. The van der Waals surface area contributed by atoms with Crippen molar-refractivity contribution in [3.8, 4) is 0 Å². The molecule has 0 saturated heterocycles. The molecule has 4 atom stereocenters. The van der Waals surface area contributed by atoms with E-state index >= 15 is 0 Å². The predicted octanol–water partition coefficient (Wildman–Crippen LogP) is -6.37. The van der Waals surface area contributed by atoms with Crippen molar-refractivity contribution >= 4 is 6.29 Å². The van der Waals surface area contributed by atoms with Crippen molar-refractivity contribution in [3.05, 3.63) is 0 Å². The van der Waals surface area contributed by atoms with E-state index in [-0.39, 0.29) is 57.7 Å². The monoisotopic (exact) mass is 219 g/mol. The molecule has 0 aromatic carbocycles. The Balaban J connectivity index is 0. The minimum Gasteiger partial charge on any atom is -0.394 e. The van der Waals surface area contributed by atoms with Gasteiger partial charge in [0.15, 0.2) is 6.29 Å². The fraction of sp³-hybridized carbons (Fsp3) is 0.833. The first kappa shape index (κ1) is 16.5. The van der Waals surface area contributed by atoms with Crippen molar-refractivity contribution in [2.45, 2.75) is 24.4 Å². The number of aliphatic hydroxyl groups is 5. The Morgan fingerprint density at radius 1 is 1.08 bits per heavy atom. The van der Waals surface area contributed by atoms with Crippen molar-refractivity contribution in [1.29, 1.82) is 0 Å². The van der Waals surface area contributed by atoms with Gasteiger partial charge < -0.3 is 30.3 Å². The average Bonchev–Trinajstić information content (AvgIpc) is 2.12. The summed E-state index contributed by atoms with van der Waals surface area (Å²) in [6, 6.07) is 0. The van der Waals surface area contributed by atoms with E-state index in [9.17, 15) is 4.79 Å². The summed E-state index contributed by atoms with van der Waals surface area (Å²) in [4.78, 5) is 9.90. The van der Waals surface area contributed by atoms with Crippen LogP contribution in [0.25, 0.3) is 0 Å². The quantitative estimate of drug-likeness (QED) is 0.232. The normalized spacial score (nSPS) is 19.5. The van der Waals surface area contributed by atoms with Gasteiger partial charge in [-0.25, -0.2) is 0 Å². The van der Waals surface area contributed by atoms with E-state index in [0.29, 0.717) is 0 Å². The van der Waals surface area contributed by atoms with Gasteiger partial charge in [0.05, 0.1) is 6.61 Å². The summed E-state index contributed by atoms with van der Waals surface area (Å²) in [5.74, 6) is 0. The molecule has 0 radical (unpaired) electrons. The smallest absolute Gasteiger partial charge is 0.394 e. The number of aliphatic hydroxyl groups excluding tert-OH is 5. The molecule has 0 aliphatic carbocycles. The molecule has 0 rings (SSSR count). The second-order valence-corrected chi connectivity index (χ2v) is 2.36. The van der Waals surface area contributed by atoms with Crippen LogP contribution in [0.5, 0.6) is 0 Å². The van der Waals surface area contributed by atoms with Gasteiger partial charge in [0, 0.05) is 0 Å². The second-order valence-electron chi connectivity index (χ2n) is 2.36. The van der Waals surface area contributed by atoms with Crippen molar-refractivity contribution in [2.75, 3.05) is 6.61 Å².